The van der Waals surface area contributed by atoms with Gasteiger partial charge >= 0.3 is 0 Å². The lowest BCUT2D eigenvalue weighted by Gasteiger charge is -2.39. The summed E-state index contributed by atoms with van der Waals surface area (Å²) >= 11 is 7.78. The Kier molecular flexibility index (Phi) is 6.39. The van der Waals surface area contributed by atoms with Crippen molar-refractivity contribution in [1.29, 1.82) is 0 Å². The molecule has 1 aromatic heterocycles. The van der Waals surface area contributed by atoms with E-state index in [9.17, 15) is 13.6 Å². The largest absolute Gasteiger partial charge is 0.335 e. The Bertz CT molecular complexity index is 1110. The van der Waals surface area contributed by atoms with Crippen molar-refractivity contribution in [2.45, 2.75) is 47.9 Å². The molecule has 0 amide bonds. The third-order valence-corrected chi connectivity index (χ3v) is 8.22. The fourth-order valence-electron chi connectivity index (χ4n) is 4.70. The van der Waals surface area contributed by atoms with Crippen molar-refractivity contribution in [3.8, 4) is 0 Å². The molecule has 1 heterocycles. The zero-order chi connectivity index (χ0) is 21.3. The predicted molar refractivity (Wildman–Crippen MR) is 126 cm³/mol. The smallest absolute Gasteiger partial charge is 0.255 e. The molecule has 1 unspecified atom stereocenters. The van der Waals surface area contributed by atoms with E-state index in [-0.39, 0.29) is 31.7 Å². The highest BCUT2D eigenvalue weighted by Gasteiger charge is 2.37. The van der Waals surface area contributed by atoms with Crippen LogP contribution in [0, 0.1) is 22.3 Å². The Morgan fingerprint density at radius 3 is 2.60 bits per heavy atom. The van der Waals surface area contributed by atoms with E-state index in [4.69, 9.17) is 12.2 Å². The first kappa shape index (κ1) is 21.6. The van der Waals surface area contributed by atoms with Crippen LogP contribution < -0.4 is 5.56 Å². The second kappa shape index (κ2) is 8.86. The minimum Gasteiger partial charge on any atom is -0.335 e. The molecule has 158 valence electrons. The Morgan fingerprint density at radius 2 is 1.90 bits per heavy atom. The van der Waals surface area contributed by atoms with Crippen LogP contribution in [0.5, 0.6) is 0 Å². The summed E-state index contributed by atoms with van der Waals surface area (Å²) in [5, 5.41) is 0. The summed E-state index contributed by atoms with van der Waals surface area (Å²) in [6.07, 6.45) is 13.8. The molecule has 2 aliphatic rings. The van der Waals surface area contributed by atoms with Gasteiger partial charge in [0, 0.05) is 21.1 Å². The Balaban J connectivity index is 1.60. The molecule has 0 aliphatic heterocycles. The first-order valence-electron chi connectivity index (χ1n) is 10.2. The highest BCUT2D eigenvalue weighted by atomic mass is 127. The lowest BCUT2D eigenvalue weighted by atomic mass is 9.72. The maximum atomic E-state index is 14.2. The van der Waals surface area contributed by atoms with Gasteiger partial charge in [-0.3, -0.25) is 9.78 Å². The number of alkyl halides is 1. The number of H-pyrrole nitrogens is 2. The van der Waals surface area contributed by atoms with E-state index < -0.39 is 11.6 Å². The van der Waals surface area contributed by atoms with Crippen molar-refractivity contribution in [3.05, 3.63) is 86.1 Å². The van der Waals surface area contributed by atoms with Crippen LogP contribution in [0.2, 0.25) is 0 Å². The summed E-state index contributed by atoms with van der Waals surface area (Å²) < 4.78 is 28.3. The number of aromatic nitrogens is 2. The van der Waals surface area contributed by atoms with Crippen molar-refractivity contribution >= 4 is 34.8 Å². The van der Waals surface area contributed by atoms with Gasteiger partial charge < -0.3 is 4.98 Å². The number of benzene rings is 1. The lowest BCUT2D eigenvalue weighted by molar-refractivity contribution is 0.290. The van der Waals surface area contributed by atoms with Crippen LogP contribution in [0.15, 0.2) is 47.3 Å². The van der Waals surface area contributed by atoms with E-state index in [2.05, 4.69) is 56.9 Å². The maximum absolute atomic E-state index is 14.2. The van der Waals surface area contributed by atoms with Gasteiger partial charge in [0.25, 0.3) is 5.56 Å². The quantitative estimate of drug-likeness (QED) is 0.273. The van der Waals surface area contributed by atoms with Gasteiger partial charge in [0.1, 0.15) is 0 Å². The van der Waals surface area contributed by atoms with E-state index in [1.165, 1.54) is 12.1 Å². The van der Waals surface area contributed by atoms with E-state index in [0.29, 0.717) is 11.5 Å². The summed E-state index contributed by atoms with van der Waals surface area (Å²) in [7, 11) is 0. The van der Waals surface area contributed by atoms with E-state index >= 15 is 0 Å². The summed E-state index contributed by atoms with van der Waals surface area (Å²) in [6, 6.07) is 4.06. The molecular weight excluding hydrogens is 517 g/mol. The molecule has 4 rings (SSSR count). The minimum absolute atomic E-state index is 0.0318. The van der Waals surface area contributed by atoms with Crippen molar-refractivity contribution < 1.29 is 8.78 Å². The molecule has 1 fully saturated rings. The van der Waals surface area contributed by atoms with Crippen LogP contribution in [0.4, 0.5) is 8.78 Å². The van der Waals surface area contributed by atoms with Crippen LogP contribution in [-0.4, -0.2) is 13.4 Å². The van der Waals surface area contributed by atoms with Crippen LogP contribution in [-0.2, 0) is 6.42 Å². The second-order valence-electron chi connectivity index (χ2n) is 8.16. The van der Waals surface area contributed by atoms with Crippen molar-refractivity contribution in [2.75, 3.05) is 0 Å². The Labute approximate surface area is 192 Å². The molecule has 3 nitrogen and oxygen atoms in total. The first-order valence-corrected chi connectivity index (χ1v) is 11.7. The van der Waals surface area contributed by atoms with Crippen LogP contribution in [0.1, 0.15) is 54.8 Å². The molecule has 0 radical (unpaired) electrons. The molecule has 30 heavy (non-hydrogen) atoms. The molecule has 1 aromatic carbocycles. The summed E-state index contributed by atoms with van der Waals surface area (Å²) in [5.41, 5.74) is 1.06. The molecule has 2 aromatic rings. The molecule has 7 heteroatoms. The lowest BCUT2D eigenvalue weighted by Crippen LogP contribution is -2.33. The minimum atomic E-state index is -0.906. The number of hydrogen-bond acceptors (Lipinski definition) is 2. The third kappa shape index (κ3) is 4.37. The number of halogens is 3. The summed E-state index contributed by atoms with van der Waals surface area (Å²) in [4.78, 5) is 18.5. The van der Waals surface area contributed by atoms with Gasteiger partial charge in [0.05, 0.1) is 0 Å². The van der Waals surface area contributed by atoms with Gasteiger partial charge in [-0.05, 0) is 67.8 Å². The number of nitrogens with one attached hydrogen (secondary N) is 2. The first-order chi connectivity index (χ1) is 14.4. The zero-order valence-corrected chi connectivity index (χ0v) is 19.4. The molecule has 2 N–H and O–H groups in total. The van der Waals surface area contributed by atoms with Gasteiger partial charge in [-0.15, -0.1) is 0 Å². The van der Waals surface area contributed by atoms with Crippen molar-refractivity contribution in [1.82, 2.24) is 9.97 Å². The zero-order valence-electron chi connectivity index (χ0n) is 16.4. The normalized spacial score (nSPS) is 26.1. The predicted octanol–water partition coefficient (Wildman–Crippen LogP) is 6.27. The van der Waals surface area contributed by atoms with Gasteiger partial charge in [0.2, 0.25) is 0 Å². The van der Waals surface area contributed by atoms with Crippen LogP contribution in [0.25, 0.3) is 0 Å². The molecule has 0 spiro atoms. The van der Waals surface area contributed by atoms with Gasteiger partial charge in [-0.1, -0.05) is 59.0 Å². The second-order valence-corrected chi connectivity index (χ2v) is 10.6. The molecule has 1 atom stereocenters. The average Bonchev–Trinajstić information content (AvgIpc) is 2.73. The van der Waals surface area contributed by atoms with Crippen LogP contribution >= 0.6 is 34.8 Å². The van der Waals surface area contributed by atoms with Crippen LogP contribution in [0.3, 0.4) is 0 Å². The maximum Gasteiger partial charge on any atom is 0.255 e. The standard InChI is InChI=1S/C23H23F2IN2OS/c24-18-6-4-5-15(19(18)25)13-17-20(27-22(30)28-21(17)29)14-7-9-16(10-8-14)23(26)11-2-1-3-12-23/h1-6,11,14,16H,7-10,12-13H2,(H2,27,28,29,30). The van der Waals surface area contributed by atoms with Gasteiger partial charge in [0.15, 0.2) is 16.4 Å². The van der Waals surface area contributed by atoms with Crippen molar-refractivity contribution in [3.63, 3.8) is 0 Å². The highest BCUT2D eigenvalue weighted by molar-refractivity contribution is 14.1. The topological polar surface area (TPSA) is 48.6 Å². The summed E-state index contributed by atoms with van der Waals surface area (Å²) in [6.45, 7) is 0. The monoisotopic (exact) mass is 540 g/mol. The van der Waals surface area contributed by atoms with E-state index in [0.717, 1.165) is 43.9 Å². The van der Waals surface area contributed by atoms with Gasteiger partial charge in [-0.2, -0.15) is 0 Å². The fraction of sp³-hybridized carbons (Fsp3) is 0.391. The Hall–Kier alpha value is -1.61. The number of aromatic amines is 2. The molecule has 0 saturated heterocycles. The molecular formula is C23H23F2IN2OS. The summed E-state index contributed by atoms with van der Waals surface area (Å²) in [5.74, 6) is -1.08. The molecule has 0 bridgehead atoms. The SMILES string of the molecule is O=c1[nH]c(=S)[nH]c(C2CCC(C3(I)C=CC=CC3)CC2)c1Cc1cccc(F)c1F. The van der Waals surface area contributed by atoms with E-state index in [1.807, 2.05) is 0 Å². The third-order valence-electron chi connectivity index (χ3n) is 6.34. The number of rotatable bonds is 4. The average molecular weight is 540 g/mol. The molecule has 1 saturated carbocycles. The number of allylic oxidation sites excluding steroid dienone is 4. The van der Waals surface area contributed by atoms with Gasteiger partial charge in [-0.25, -0.2) is 8.78 Å². The highest BCUT2D eigenvalue weighted by Crippen LogP contribution is 2.47. The van der Waals surface area contributed by atoms with E-state index in [1.54, 1.807) is 0 Å². The molecule has 2 aliphatic carbocycles. The Morgan fingerprint density at radius 1 is 1.13 bits per heavy atom. The number of hydrogen-bond donors (Lipinski definition) is 2. The fourth-order valence-corrected chi connectivity index (χ4v) is 5.99. The van der Waals surface area contributed by atoms with Crippen molar-refractivity contribution in [2.24, 2.45) is 5.92 Å².